The third-order valence-corrected chi connectivity index (χ3v) is 5.53. The van der Waals surface area contributed by atoms with Crippen LogP contribution in [0.3, 0.4) is 0 Å². The summed E-state index contributed by atoms with van der Waals surface area (Å²) in [5.41, 5.74) is 0.748. The molecule has 1 aliphatic rings. The van der Waals surface area contributed by atoms with Gasteiger partial charge >= 0.3 is 11.9 Å². The predicted octanol–water partition coefficient (Wildman–Crippen LogP) is 1.28. The number of rotatable bonds is 6. The second-order valence-corrected chi connectivity index (χ2v) is 7.65. The Kier molecular flexibility index (Phi) is 7.57. The number of ether oxygens (including phenoxy) is 2. The Labute approximate surface area is 191 Å². The van der Waals surface area contributed by atoms with Crippen LogP contribution in [0.15, 0.2) is 36.4 Å². The molecule has 2 aromatic rings. The maximum absolute atomic E-state index is 12.8. The van der Waals surface area contributed by atoms with Crippen LogP contribution < -0.4 is 5.32 Å². The Balaban J connectivity index is 1.86. The molecule has 0 amide bonds. The van der Waals surface area contributed by atoms with Crippen molar-refractivity contribution in [2.24, 2.45) is 0 Å². The van der Waals surface area contributed by atoms with Gasteiger partial charge in [0.2, 0.25) is 6.29 Å². The Bertz CT molecular complexity index is 1020. The fourth-order valence-electron chi connectivity index (χ4n) is 3.06. The molecule has 32 heavy (non-hydrogen) atoms. The van der Waals surface area contributed by atoms with E-state index in [1.54, 1.807) is 6.07 Å². The molecule has 0 unspecified atom stereocenters. The third kappa shape index (κ3) is 4.81. The zero-order valence-corrected chi connectivity index (χ0v) is 17.7. The molecule has 1 fully saturated rings. The fraction of sp³-hybridized carbons (Fsp3) is 0.300. The molecule has 5 atom stereocenters. The molecule has 0 bridgehead atoms. The monoisotopic (exact) mass is 487 g/mol. The van der Waals surface area contributed by atoms with Crippen molar-refractivity contribution in [3.05, 3.63) is 57.6 Å². The van der Waals surface area contributed by atoms with E-state index in [9.17, 15) is 30.0 Å². The van der Waals surface area contributed by atoms with E-state index in [0.29, 0.717) is 5.56 Å². The lowest BCUT2D eigenvalue weighted by atomic mass is 9.99. The molecule has 1 saturated heterocycles. The van der Waals surface area contributed by atoms with Crippen LogP contribution in [0.5, 0.6) is 0 Å². The molecule has 3 rings (SSSR count). The molecule has 10 nitrogen and oxygen atoms in total. The largest absolute Gasteiger partial charge is 0.479 e. The van der Waals surface area contributed by atoms with Crippen LogP contribution in [0.25, 0.3) is 0 Å². The van der Waals surface area contributed by atoms with Crippen LogP contribution in [0.4, 0.5) is 11.4 Å². The van der Waals surface area contributed by atoms with Crippen molar-refractivity contribution in [1.29, 1.82) is 0 Å². The van der Waals surface area contributed by atoms with Gasteiger partial charge in [0, 0.05) is 0 Å². The Morgan fingerprint density at radius 3 is 2.38 bits per heavy atom. The highest BCUT2D eigenvalue weighted by atomic mass is 35.5. The second kappa shape index (κ2) is 10.0. The van der Waals surface area contributed by atoms with Crippen molar-refractivity contribution < 1.29 is 44.6 Å². The molecule has 2 aromatic carbocycles. The van der Waals surface area contributed by atoms with Gasteiger partial charge in [-0.15, -0.1) is 0 Å². The van der Waals surface area contributed by atoms with Gasteiger partial charge in [-0.2, -0.15) is 0 Å². The van der Waals surface area contributed by atoms with Crippen molar-refractivity contribution in [2.45, 2.75) is 37.3 Å². The smallest absolute Gasteiger partial charge is 0.342 e. The van der Waals surface area contributed by atoms with E-state index in [4.69, 9.17) is 37.8 Å². The number of para-hydroxylation sites is 1. The lowest BCUT2D eigenvalue weighted by molar-refractivity contribution is -0.278. The first-order valence-corrected chi connectivity index (χ1v) is 9.98. The maximum atomic E-state index is 12.8. The number of carboxylic acids is 1. The molecule has 12 heteroatoms. The number of carbonyl (C=O) groups excluding carboxylic acids is 1. The van der Waals surface area contributed by atoms with Gasteiger partial charge in [-0.3, -0.25) is 0 Å². The molecule has 0 radical (unpaired) electrons. The number of halogens is 2. The van der Waals surface area contributed by atoms with Crippen molar-refractivity contribution in [1.82, 2.24) is 0 Å². The third-order valence-electron chi connectivity index (χ3n) is 4.78. The van der Waals surface area contributed by atoms with E-state index < -0.39 is 42.6 Å². The van der Waals surface area contributed by atoms with Crippen LogP contribution in [0, 0.1) is 0 Å². The van der Waals surface area contributed by atoms with Crippen LogP contribution in [-0.2, 0) is 20.9 Å². The van der Waals surface area contributed by atoms with Crippen molar-refractivity contribution >= 4 is 46.5 Å². The Morgan fingerprint density at radius 1 is 1.03 bits per heavy atom. The number of carboxylic acid groups (broad SMARTS) is 1. The SMILES string of the molecule is O=C(O[C@@H]1O[C@H](C(=O)O)[C@@H](O)[C@H](O)[C@H]1O)c1ccccc1Nc1c(Cl)ccc(CO)c1Cl. The van der Waals surface area contributed by atoms with Crippen molar-refractivity contribution in [2.75, 3.05) is 5.32 Å². The van der Waals surface area contributed by atoms with Crippen LogP contribution in [-0.4, -0.2) is 68.2 Å². The van der Waals surface area contributed by atoms with Crippen LogP contribution >= 0.6 is 23.2 Å². The Morgan fingerprint density at radius 2 is 1.72 bits per heavy atom. The quantitative estimate of drug-likeness (QED) is 0.326. The zero-order chi connectivity index (χ0) is 23.6. The first-order valence-electron chi connectivity index (χ1n) is 9.23. The molecule has 0 saturated carbocycles. The lowest BCUT2D eigenvalue weighted by Gasteiger charge is -2.38. The predicted molar refractivity (Wildman–Crippen MR) is 112 cm³/mol. The molecule has 1 aliphatic heterocycles. The normalized spacial score (nSPS) is 25.2. The summed E-state index contributed by atoms with van der Waals surface area (Å²) in [4.78, 5) is 24.0. The number of hydrogen-bond acceptors (Lipinski definition) is 9. The van der Waals surface area contributed by atoms with E-state index >= 15 is 0 Å². The summed E-state index contributed by atoms with van der Waals surface area (Å²) >= 11 is 12.4. The molecule has 6 N–H and O–H groups in total. The van der Waals surface area contributed by atoms with Gasteiger partial charge in [0.1, 0.15) is 18.3 Å². The molecular formula is C20H19Cl2NO9. The van der Waals surface area contributed by atoms with Gasteiger partial charge in [-0.05, 0) is 23.8 Å². The number of esters is 1. The first-order chi connectivity index (χ1) is 15.1. The summed E-state index contributed by atoms with van der Waals surface area (Å²) in [6.07, 6.45) is -9.52. The standard InChI is InChI=1S/C20H19Cl2NO9/c21-10-6-5-8(7-24)12(22)13(10)23-11-4-2-1-3-9(11)19(30)32-20-16(27)14(25)15(26)17(31-20)18(28)29/h1-6,14-17,20,23-27H,7H2,(H,28,29)/t14-,15-,16+,17-,20-/m0/s1. The number of aliphatic carboxylic acids is 1. The van der Waals surface area contributed by atoms with E-state index in [1.165, 1.54) is 30.3 Å². The van der Waals surface area contributed by atoms with Gasteiger partial charge in [-0.1, -0.05) is 41.4 Å². The van der Waals surface area contributed by atoms with Gasteiger partial charge < -0.3 is 40.3 Å². The minimum Gasteiger partial charge on any atom is -0.479 e. The Hall–Kier alpha value is -2.44. The first kappa shape index (κ1) is 24.2. The van der Waals surface area contributed by atoms with Gasteiger partial charge in [0.05, 0.1) is 33.6 Å². The molecule has 0 spiro atoms. The minimum absolute atomic E-state index is 0.0580. The van der Waals surface area contributed by atoms with Crippen molar-refractivity contribution in [3.8, 4) is 0 Å². The second-order valence-electron chi connectivity index (χ2n) is 6.86. The van der Waals surface area contributed by atoms with Crippen molar-refractivity contribution in [3.63, 3.8) is 0 Å². The van der Waals surface area contributed by atoms with Gasteiger partial charge in [-0.25, -0.2) is 9.59 Å². The molecular weight excluding hydrogens is 469 g/mol. The molecule has 0 aromatic heterocycles. The summed E-state index contributed by atoms with van der Waals surface area (Å²) in [6, 6.07) is 9.04. The van der Waals surface area contributed by atoms with E-state index in [2.05, 4.69) is 5.32 Å². The number of nitrogens with one attached hydrogen (secondary N) is 1. The van der Waals surface area contributed by atoms with Crippen LogP contribution in [0.2, 0.25) is 10.0 Å². The highest BCUT2D eigenvalue weighted by Crippen LogP contribution is 2.36. The highest BCUT2D eigenvalue weighted by molar-refractivity contribution is 6.39. The molecule has 172 valence electrons. The summed E-state index contributed by atoms with van der Waals surface area (Å²) in [5.74, 6) is -2.64. The minimum atomic E-state index is -1.92. The summed E-state index contributed by atoms with van der Waals surface area (Å²) in [6.45, 7) is -0.343. The number of benzene rings is 2. The average Bonchev–Trinajstić information content (AvgIpc) is 2.77. The number of aliphatic hydroxyl groups is 4. The summed E-state index contributed by atoms with van der Waals surface area (Å²) < 4.78 is 10.0. The number of anilines is 2. The number of aliphatic hydroxyl groups excluding tert-OH is 4. The highest BCUT2D eigenvalue weighted by Gasteiger charge is 2.48. The van der Waals surface area contributed by atoms with Gasteiger partial charge in [0.15, 0.2) is 6.10 Å². The van der Waals surface area contributed by atoms with E-state index in [1.807, 2.05) is 0 Å². The number of hydrogen-bond donors (Lipinski definition) is 6. The summed E-state index contributed by atoms with van der Waals surface area (Å²) in [7, 11) is 0. The summed E-state index contributed by atoms with van der Waals surface area (Å²) in [5, 5.41) is 51.4. The maximum Gasteiger partial charge on any atom is 0.342 e. The zero-order valence-electron chi connectivity index (χ0n) is 16.2. The van der Waals surface area contributed by atoms with Gasteiger partial charge in [0.25, 0.3) is 0 Å². The van der Waals surface area contributed by atoms with E-state index in [0.717, 1.165) is 0 Å². The topological polar surface area (TPSA) is 166 Å². The molecule has 1 heterocycles. The van der Waals surface area contributed by atoms with E-state index in [-0.39, 0.29) is 33.6 Å². The number of carbonyl (C=O) groups is 2. The van der Waals surface area contributed by atoms with Crippen LogP contribution in [0.1, 0.15) is 15.9 Å². The molecule has 0 aliphatic carbocycles. The average molecular weight is 488 g/mol. The lowest BCUT2D eigenvalue weighted by Crippen LogP contribution is -2.60. The fourth-order valence-corrected chi connectivity index (χ4v) is 3.58.